The van der Waals surface area contributed by atoms with Gasteiger partial charge in [0.1, 0.15) is 11.5 Å². The maximum absolute atomic E-state index is 13.5. The normalized spacial score (nSPS) is 23.7. The zero-order valence-electron chi connectivity index (χ0n) is 10.6. The zero-order chi connectivity index (χ0) is 13.1. The number of hydrogen-bond donors (Lipinski definition) is 2. The Morgan fingerprint density at radius 2 is 2.00 bits per heavy atom. The molecular formula is C14H19FN2O. The Kier molecular flexibility index (Phi) is 3.84. The first-order valence-corrected chi connectivity index (χ1v) is 6.42. The van der Waals surface area contributed by atoms with E-state index in [1.54, 1.807) is 6.07 Å². The van der Waals surface area contributed by atoms with Crippen LogP contribution in [0.1, 0.15) is 32.6 Å². The highest BCUT2D eigenvalue weighted by molar-refractivity contribution is 5.95. The largest absolute Gasteiger partial charge is 0.397 e. The number of nitrogens with one attached hydrogen (secondary N) is 1. The molecule has 0 radical (unpaired) electrons. The van der Waals surface area contributed by atoms with Crippen molar-refractivity contribution in [2.75, 3.05) is 11.1 Å². The standard InChI is InChI=1S/C14H19FN2O/c1-9-5-7-10(8-6-9)14(18)17-13-11(15)3-2-4-12(13)16/h2-4,9-10H,5-8,16H2,1H3,(H,17,18). The SMILES string of the molecule is CC1CCC(C(=O)Nc2c(N)cccc2F)CC1. The molecular weight excluding hydrogens is 231 g/mol. The first-order valence-electron chi connectivity index (χ1n) is 6.42. The summed E-state index contributed by atoms with van der Waals surface area (Å²) >= 11 is 0. The maximum atomic E-state index is 13.5. The first kappa shape index (κ1) is 12.9. The fourth-order valence-electron chi connectivity index (χ4n) is 2.42. The number of carbonyl (C=O) groups excluding carboxylic acids is 1. The third kappa shape index (κ3) is 2.81. The van der Waals surface area contributed by atoms with Crippen LogP contribution in [0.25, 0.3) is 0 Å². The summed E-state index contributed by atoms with van der Waals surface area (Å²) in [4.78, 5) is 12.0. The number of carbonyl (C=O) groups is 1. The van der Waals surface area contributed by atoms with Gasteiger partial charge in [0.05, 0.1) is 5.69 Å². The van der Waals surface area contributed by atoms with Crippen molar-refractivity contribution in [2.24, 2.45) is 11.8 Å². The molecule has 1 amide bonds. The van der Waals surface area contributed by atoms with E-state index in [1.165, 1.54) is 12.1 Å². The fraction of sp³-hybridized carbons (Fsp3) is 0.500. The number of nitrogens with two attached hydrogens (primary N) is 1. The third-order valence-corrected chi connectivity index (χ3v) is 3.68. The Morgan fingerprint density at radius 1 is 1.33 bits per heavy atom. The Labute approximate surface area is 107 Å². The van der Waals surface area contributed by atoms with Crippen LogP contribution in [0.3, 0.4) is 0 Å². The predicted molar refractivity (Wildman–Crippen MR) is 70.6 cm³/mol. The van der Waals surface area contributed by atoms with Crippen LogP contribution in [0.4, 0.5) is 15.8 Å². The van der Waals surface area contributed by atoms with Crippen molar-refractivity contribution in [3.63, 3.8) is 0 Å². The Bertz CT molecular complexity index is 419. The van der Waals surface area contributed by atoms with Crippen LogP contribution < -0.4 is 11.1 Å². The van der Waals surface area contributed by atoms with Gasteiger partial charge in [0.25, 0.3) is 0 Å². The van der Waals surface area contributed by atoms with Crippen LogP contribution in [0.5, 0.6) is 0 Å². The lowest BCUT2D eigenvalue weighted by Gasteiger charge is -2.25. The summed E-state index contributed by atoms with van der Waals surface area (Å²) in [5.74, 6) is 0.0824. The number of anilines is 2. The molecule has 3 N–H and O–H groups in total. The van der Waals surface area contributed by atoms with Gasteiger partial charge in [-0.3, -0.25) is 4.79 Å². The van der Waals surface area contributed by atoms with E-state index in [2.05, 4.69) is 12.2 Å². The summed E-state index contributed by atoms with van der Waals surface area (Å²) in [5.41, 5.74) is 6.05. The van der Waals surface area contributed by atoms with Gasteiger partial charge < -0.3 is 11.1 Å². The molecule has 0 saturated heterocycles. The van der Waals surface area contributed by atoms with Crippen molar-refractivity contribution in [3.8, 4) is 0 Å². The Morgan fingerprint density at radius 3 is 2.61 bits per heavy atom. The van der Waals surface area contributed by atoms with E-state index in [1.807, 2.05) is 0 Å². The van der Waals surface area contributed by atoms with Gasteiger partial charge in [-0.25, -0.2) is 4.39 Å². The number of nitrogen functional groups attached to an aromatic ring is 1. The van der Waals surface area contributed by atoms with Crippen LogP contribution in [0.2, 0.25) is 0 Å². The summed E-state index contributed by atoms with van der Waals surface area (Å²) in [5, 5.41) is 2.62. The molecule has 0 spiro atoms. The number of rotatable bonds is 2. The molecule has 1 aromatic carbocycles. The summed E-state index contributed by atoms with van der Waals surface area (Å²) in [6.07, 6.45) is 3.87. The number of benzene rings is 1. The molecule has 1 aliphatic rings. The van der Waals surface area contributed by atoms with E-state index >= 15 is 0 Å². The van der Waals surface area contributed by atoms with Crippen molar-refractivity contribution in [1.82, 2.24) is 0 Å². The lowest BCUT2D eigenvalue weighted by molar-refractivity contribution is -0.121. The second-order valence-electron chi connectivity index (χ2n) is 5.15. The van der Waals surface area contributed by atoms with Gasteiger partial charge in [0.15, 0.2) is 0 Å². The molecule has 0 bridgehead atoms. The van der Waals surface area contributed by atoms with Crippen LogP contribution >= 0.6 is 0 Å². The lowest BCUT2D eigenvalue weighted by atomic mass is 9.82. The summed E-state index contributed by atoms with van der Waals surface area (Å²) in [6.45, 7) is 2.20. The maximum Gasteiger partial charge on any atom is 0.227 e. The smallest absolute Gasteiger partial charge is 0.227 e. The molecule has 1 aliphatic carbocycles. The molecule has 1 aromatic rings. The average Bonchev–Trinajstić information content (AvgIpc) is 2.34. The number of para-hydroxylation sites is 1. The number of hydrogen-bond acceptors (Lipinski definition) is 2. The summed E-state index contributed by atoms with van der Waals surface area (Å²) in [6, 6.07) is 4.42. The van der Waals surface area contributed by atoms with Gasteiger partial charge in [-0.15, -0.1) is 0 Å². The van der Waals surface area contributed by atoms with Gasteiger partial charge in [0.2, 0.25) is 5.91 Å². The highest BCUT2D eigenvalue weighted by Crippen LogP contribution is 2.30. The van der Waals surface area contributed by atoms with E-state index < -0.39 is 5.82 Å². The minimum atomic E-state index is -0.479. The molecule has 0 heterocycles. The van der Waals surface area contributed by atoms with E-state index in [0.717, 1.165) is 25.7 Å². The molecule has 2 rings (SSSR count). The van der Waals surface area contributed by atoms with E-state index in [9.17, 15) is 9.18 Å². The minimum Gasteiger partial charge on any atom is -0.397 e. The molecule has 18 heavy (non-hydrogen) atoms. The molecule has 4 heteroatoms. The van der Waals surface area contributed by atoms with Gasteiger partial charge in [-0.2, -0.15) is 0 Å². The zero-order valence-corrected chi connectivity index (χ0v) is 10.6. The van der Waals surface area contributed by atoms with Crippen LogP contribution in [0, 0.1) is 17.7 Å². The summed E-state index contributed by atoms with van der Waals surface area (Å²) in [7, 11) is 0. The first-order chi connectivity index (χ1) is 8.58. The van der Waals surface area contributed by atoms with Gasteiger partial charge >= 0.3 is 0 Å². The fourth-order valence-corrected chi connectivity index (χ4v) is 2.42. The van der Waals surface area contributed by atoms with Crippen LogP contribution in [0.15, 0.2) is 18.2 Å². The van der Waals surface area contributed by atoms with E-state index in [0.29, 0.717) is 5.92 Å². The van der Waals surface area contributed by atoms with E-state index in [-0.39, 0.29) is 23.2 Å². The summed E-state index contributed by atoms with van der Waals surface area (Å²) < 4.78 is 13.5. The van der Waals surface area contributed by atoms with Crippen molar-refractivity contribution in [2.45, 2.75) is 32.6 Å². The molecule has 0 unspecified atom stereocenters. The third-order valence-electron chi connectivity index (χ3n) is 3.68. The highest BCUT2D eigenvalue weighted by atomic mass is 19.1. The molecule has 0 atom stereocenters. The lowest BCUT2D eigenvalue weighted by Crippen LogP contribution is -2.27. The number of amides is 1. The molecule has 0 aromatic heterocycles. The van der Waals surface area contributed by atoms with Crippen molar-refractivity contribution < 1.29 is 9.18 Å². The molecule has 3 nitrogen and oxygen atoms in total. The van der Waals surface area contributed by atoms with Gasteiger partial charge in [0, 0.05) is 5.92 Å². The van der Waals surface area contributed by atoms with Crippen molar-refractivity contribution in [3.05, 3.63) is 24.0 Å². The topological polar surface area (TPSA) is 55.1 Å². The molecule has 1 saturated carbocycles. The molecule has 1 fully saturated rings. The monoisotopic (exact) mass is 250 g/mol. The predicted octanol–water partition coefficient (Wildman–Crippen LogP) is 3.17. The van der Waals surface area contributed by atoms with Gasteiger partial charge in [-0.05, 0) is 43.7 Å². The quantitative estimate of drug-likeness (QED) is 0.792. The highest BCUT2D eigenvalue weighted by Gasteiger charge is 2.25. The van der Waals surface area contributed by atoms with Crippen LogP contribution in [-0.2, 0) is 4.79 Å². The number of halogens is 1. The Balaban J connectivity index is 2.03. The average molecular weight is 250 g/mol. The van der Waals surface area contributed by atoms with Gasteiger partial charge in [-0.1, -0.05) is 13.0 Å². The molecule has 0 aliphatic heterocycles. The second kappa shape index (κ2) is 5.38. The van der Waals surface area contributed by atoms with Crippen LogP contribution in [-0.4, -0.2) is 5.91 Å². The van der Waals surface area contributed by atoms with Crippen molar-refractivity contribution >= 4 is 17.3 Å². The molecule has 98 valence electrons. The van der Waals surface area contributed by atoms with Crippen molar-refractivity contribution in [1.29, 1.82) is 0 Å². The second-order valence-corrected chi connectivity index (χ2v) is 5.15. The minimum absolute atomic E-state index is 0.0137. The Hall–Kier alpha value is -1.58. The van der Waals surface area contributed by atoms with E-state index in [4.69, 9.17) is 5.73 Å².